The predicted molar refractivity (Wildman–Crippen MR) is 96.6 cm³/mol. The lowest BCUT2D eigenvalue weighted by Crippen LogP contribution is -2.51. The fourth-order valence-corrected chi connectivity index (χ4v) is 3.71. The monoisotopic (exact) mass is 347 g/mol. The summed E-state index contributed by atoms with van der Waals surface area (Å²) in [5.74, 6) is 1.40. The summed E-state index contributed by atoms with van der Waals surface area (Å²) in [5, 5.41) is 6.10. The number of amides is 2. The molecule has 7 nitrogen and oxygen atoms in total. The number of hydrogen-bond acceptors (Lipinski definition) is 5. The fraction of sp³-hybridized carbons (Fsp3) is 0.722. The van der Waals surface area contributed by atoms with Crippen LogP contribution < -0.4 is 15.5 Å². The SMILES string of the molecule is CC1CC(CCNC(=O)NC2CCCN(c3ncccn3)C2)CCO1. The number of ether oxygens (including phenoxy) is 1. The van der Waals surface area contributed by atoms with Crippen molar-refractivity contribution in [2.45, 2.75) is 51.2 Å². The first-order chi connectivity index (χ1) is 12.2. The molecule has 3 unspecified atom stereocenters. The number of anilines is 1. The molecule has 3 atom stereocenters. The van der Waals surface area contributed by atoms with Crippen molar-refractivity contribution in [3.63, 3.8) is 0 Å². The van der Waals surface area contributed by atoms with E-state index in [1.165, 1.54) is 0 Å². The van der Waals surface area contributed by atoms with Crippen molar-refractivity contribution in [3.8, 4) is 0 Å². The highest BCUT2D eigenvalue weighted by Gasteiger charge is 2.23. The molecule has 0 saturated carbocycles. The zero-order valence-electron chi connectivity index (χ0n) is 15.0. The summed E-state index contributed by atoms with van der Waals surface area (Å²) < 4.78 is 5.57. The Balaban J connectivity index is 1.37. The summed E-state index contributed by atoms with van der Waals surface area (Å²) in [7, 11) is 0. The summed E-state index contributed by atoms with van der Waals surface area (Å²) in [4.78, 5) is 22.9. The lowest BCUT2D eigenvalue weighted by Gasteiger charge is -2.33. The van der Waals surface area contributed by atoms with Crippen LogP contribution in [-0.4, -0.2) is 54.4 Å². The second-order valence-electron chi connectivity index (χ2n) is 7.09. The minimum atomic E-state index is -0.0686. The van der Waals surface area contributed by atoms with Gasteiger partial charge in [0.25, 0.3) is 0 Å². The van der Waals surface area contributed by atoms with Crippen LogP contribution in [0.2, 0.25) is 0 Å². The molecule has 0 aliphatic carbocycles. The quantitative estimate of drug-likeness (QED) is 0.851. The highest BCUT2D eigenvalue weighted by Crippen LogP contribution is 2.22. The number of piperidine rings is 1. The van der Waals surface area contributed by atoms with Crippen LogP contribution in [0.25, 0.3) is 0 Å². The minimum Gasteiger partial charge on any atom is -0.378 e. The molecule has 1 aromatic rings. The molecule has 3 rings (SSSR count). The molecular weight excluding hydrogens is 318 g/mol. The zero-order valence-corrected chi connectivity index (χ0v) is 15.0. The zero-order chi connectivity index (χ0) is 17.5. The van der Waals surface area contributed by atoms with E-state index in [4.69, 9.17) is 4.74 Å². The van der Waals surface area contributed by atoms with Crippen LogP contribution in [0.3, 0.4) is 0 Å². The van der Waals surface area contributed by atoms with Crippen molar-refractivity contribution in [3.05, 3.63) is 18.5 Å². The Labute approximate surface area is 149 Å². The third kappa shape index (κ3) is 5.56. The average molecular weight is 347 g/mol. The van der Waals surface area contributed by atoms with E-state index in [-0.39, 0.29) is 12.1 Å². The van der Waals surface area contributed by atoms with Crippen LogP contribution >= 0.6 is 0 Å². The Bertz CT molecular complexity index is 542. The normalized spacial score (nSPS) is 26.9. The molecular formula is C18H29N5O2. The van der Waals surface area contributed by atoms with Crippen LogP contribution in [-0.2, 0) is 4.74 Å². The largest absolute Gasteiger partial charge is 0.378 e. The van der Waals surface area contributed by atoms with Gasteiger partial charge < -0.3 is 20.3 Å². The molecule has 7 heteroatoms. The van der Waals surface area contributed by atoms with E-state index in [2.05, 4.69) is 32.4 Å². The predicted octanol–water partition coefficient (Wildman–Crippen LogP) is 1.95. The number of carbonyl (C=O) groups excluding carboxylic acids is 1. The minimum absolute atomic E-state index is 0.0686. The van der Waals surface area contributed by atoms with E-state index < -0.39 is 0 Å². The number of nitrogens with one attached hydrogen (secondary N) is 2. The van der Waals surface area contributed by atoms with Crippen molar-refractivity contribution in [1.29, 1.82) is 0 Å². The second-order valence-corrected chi connectivity index (χ2v) is 7.09. The standard InChI is InChI=1S/C18H29N5O2/c1-14-12-15(6-11-25-14)5-9-21-18(24)22-16-4-2-10-23(13-16)17-19-7-3-8-20-17/h3,7-8,14-16H,2,4-6,9-13H2,1H3,(H2,21,22,24). The van der Waals surface area contributed by atoms with E-state index in [0.29, 0.717) is 12.0 Å². The highest BCUT2D eigenvalue weighted by molar-refractivity contribution is 5.74. The van der Waals surface area contributed by atoms with Crippen LogP contribution in [0.1, 0.15) is 39.0 Å². The van der Waals surface area contributed by atoms with Gasteiger partial charge in [-0.2, -0.15) is 0 Å². The molecule has 2 amide bonds. The average Bonchev–Trinajstić information content (AvgIpc) is 2.63. The molecule has 2 aliphatic rings. The van der Waals surface area contributed by atoms with E-state index in [9.17, 15) is 4.79 Å². The van der Waals surface area contributed by atoms with Gasteiger partial charge in [0.2, 0.25) is 5.95 Å². The lowest BCUT2D eigenvalue weighted by atomic mass is 9.93. The van der Waals surface area contributed by atoms with Gasteiger partial charge in [0, 0.05) is 44.7 Å². The molecule has 2 N–H and O–H groups in total. The Morgan fingerprint density at radius 3 is 3.00 bits per heavy atom. The topological polar surface area (TPSA) is 79.4 Å². The molecule has 2 saturated heterocycles. The molecule has 0 radical (unpaired) electrons. The molecule has 2 aliphatic heterocycles. The molecule has 2 fully saturated rings. The molecule has 25 heavy (non-hydrogen) atoms. The smallest absolute Gasteiger partial charge is 0.315 e. The number of urea groups is 1. The summed E-state index contributed by atoms with van der Waals surface area (Å²) >= 11 is 0. The number of hydrogen-bond donors (Lipinski definition) is 2. The summed E-state index contributed by atoms with van der Waals surface area (Å²) in [6.07, 6.45) is 9.10. The first-order valence-corrected chi connectivity index (χ1v) is 9.38. The number of rotatable bonds is 5. The van der Waals surface area contributed by atoms with Gasteiger partial charge in [-0.05, 0) is 51.0 Å². The maximum atomic E-state index is 12.2. The second kappa shape index (κ2) is 8.99. The Morgan fingerprint density at radius 2 is 2.20 bits per heavy atom. The van der Waals surface area contributed by atoms with Gasteiger partial charge in [-0.15, -0.1) is 0 Å². The van der Waals surface area contributed by atoms with Crippen molar-refractivity contribution in [2.75, 3.05) is 31.1 Å². The van der Waals surface area contributed by atoms with Crippen LogP contribution in [0.5, 0.6) is 0 Å². The van der Waals surface area contributed by atoms with Gasteiger partial charge in [-0.1, -0.05) is 0 Å². The molecule has 0 aromatic carbocycles. The fourth-order valence-electron chi connectivity index (χ4n) is 3.71. The Morgan fingerprint density at radius 1 is 1.36 bits per heavy atom. The van der Waals surface area contributed by atoms with Crippen LogP contribution in [0.4, 0.5) is 10.7 Å². The number of carbonyl (C=O) groups is 1. The third-order valence-electron chi connectivity index (χ3n) is 5.02. The molecule has 0 bridgehead atoms. The summed E-state index contributed by atoms with van der Waals surface area (Å²) in [6.45, 7) is 5.39. The van der Waals surface area contributed by atoms with E-state index in [0.717, 1.165) is 64.3 Å². The third-order valence-corrected chi connectivity index (χ3v) is 5.02. The number of aromatic nitrogens is 2. The van der Waals surface area contributed by atoms with Crippen molar-refractivity contribution >= 4 is 12.0 Å². The molecule has 138 valence electrons. The van der Waals surface area contributed by atoms with E-state index >= 15 is 0 Å². The maximum Gasteiger partial charge on any atom is 0.315 e. The lowest BCUT2D eigenvalue weighted by molar-refractivity contribution is 0.00116. The molecule has 3 heterocycles. The van der Waals surface area contributed by atoms with Crippen LogP contribution in [0.15, 0.2) is 18.5 Å². The van der Waals surface area contributed by atoms with Gasteiger partial charge >= 0.3 is 6.03 Å². The number of nitrogens with zero attached hydrogens (tertiary/aromatic N) is 3. The first-order valence-electron chi connectivity index (χ1n) is 9.38. The van der Waals surface area contributed by atoms with Gasteiger partial charge in [0.05, 0.1) is 6.10 Å². The van der Waals surface area contributed by atoms with Gasteiger partial charge in [-0.3, -0.25) is 0 Å². The van der Waals surface area contributed by atoms with Gasteiger partial charge in [0.1, 0.15) is 0 Å². The van der Waals surface area contributed by atoms with Crippen LogP contribution in [0, 0.1) is 5.92 Å². The molecule has 0 spiro atoms. The van der Waals surface area contributed by atoms with Crippen molar-refractivity contribution in [2.24, 2.45) is 5.92 Å². The first kappa shape index (κ1) is 17.9. The van der Waals surface area contributed by atoms with Crippen molar-refractivity contribution < 1.29 is 9.53 Å². The van der Waals surface area contributed by atoms with Gasteiger partial charge in [0.15, 0.2) is 0 Å². The highest BCUT2D eigenvalue weighted by atomic mass is 16.5. The van der Waals surface area contributed by atoms with E-state index in [1.54, 1.807) is 12.4 Å². The Hall–Kier alpha value is -1.89. The van der Waals surface area contributed by atoms with Crippen molar-refractivity contribution in [1.82, 2.24) is 20.6 Å². The molecule has 1 aromatic heterocycles. The van der Waals surface area contributed by atoms with E-state index in [1.807, 2.05) is 6.07 Å². The Kier molecular flexibility index (Phi) is 6.44. The van der Waals surface area contributed by atoms with Gasteiger partial charge in [-0.25, -0.2) is 14.8 Å². The maximum absolute atomic E-state index is 12.2. The summed E-state index contributed by atoms with van der Waals surface area (Å²) in [6, 6.07) is 1.89. The summed E-state index contributed by atoms with van der Waals surface area (Å²) in [5.41, 5.74) is 0.